The van der Waals surface area contributed by atoms with Gasteiger partial charge in [0.2, 0.25) is 0 Å². The Bertz CT molecular complexity index is 540. The van der Waals surface area contributed by atoms with Crippen molar-refractivity contribution in [2.45, 2.75) is 33.7 Å². The predicted molar refractivity (Wildman–Crippen MR) is 71.5 cm³/mol. The van der Waals surface area contributed by atoms with Crippen molar-refractivity contribution < 1.29 is 0 Å². The van der Waals surface area contributed by atoms with E-state index >= 15 is 0 Å². The van der Waals surface area contributed by atoms with Crippen LogP contribution in [0.3, 0.4) is 0 Å². The smallest absolute Gasteiger partial charge is 0.194 e. The normalized spacial score (nSPS) is 23.5. The third-order valence-corrected chi connectivity index (χ3v) is 4.61. The van der Waals surface area contributed by atoms with E-state index in [0.29, 0.717) is 0 Å². The lowest BCUT2D eigenvalue weighted by Gasteiger charge is -2.04. The lowest BCUT2D eigenvalue weighted by molar-refractivity contribution is 0.602. The quantitative estimate of drug-likeness (QED) is 0.903. The number of rotatable bonds is 4. The van der Waals surface area contributed by atoms with Gasteiger partial charge in [0.1, 0.15) is 0 Å². The van der Waals surface area contributed by atoms with Crippen molar-refractivity contribution in [3.05, 3.63) is 22.5 Å². The molecule has 2 unspecified atom stereocenters. The minimum atomic E-state index is 0.905. The minimum absolute atomic E-state index is 0.905. The molecule has 0 aliphatic heterocycles. The van der Waals surface area contributed by atoms with Gasteiger partial charge < -0.3 is 5.32 Å². The third-order valence-electron chi connectivity index (χ3n) is 3.72. The molecule has 92 valence electrons. The summed E-state index contributed by atoms with van der Waals surface area (Å²) in [5.74, 6) is 1.83. The van der Waals surface area contributed by atoms with Crippen LogP contribution in [0.15, 0.2) is 6.20 Å². The summed E-state index contributed by atoms with van der Waals surface area (Å²) in [6, 6.07) is 0. The van der Waals surface area contributed by atoms with E-state index in [0.717, 1.165) is 35.6 Å². The van der Waals surface area contributed by atoms with E-state index in [2.05, 4.69) is 41.7 Å². The van der Waals surface area contributed by atoms with E-state index in [-0.39, 0.29) is 0 Å². The van der Waals surface area contributed by atoms with Gasteiger partial charge >= 0.3 is 0 Å². The first kappa shape index (κ1) is 11.2. The summed E-state index contributed by atoms with van der Waals surface area (Å²) >= 11 is 1.76. The Kier molecular flexibility index (Phi) is 2.71. The largest absolute Gasteiger partial charge is 0.311 e. The highest BCUT2D eigenvalue weighted by atomic mass is 32.1. The van der Waals surface area contributed by atoms with Crippen molar-refractivity contribution in [1.82, 2.24) is 14.7 Å². The first-order chi connectivity index (χ1) is 8.15. The zero-order valence-electron chi connectivity index (χ0n) is 10.7. The molecule has 1 aliphatic rings. The number of imidazole rings is 1. The first-order valence-electron chi connectivity index (χ1n) is 6.30. The van der Waals surface area contributed by atoms with Crippen LogP contribution in [0, 0.1) is 25.7 Å². The van der Waals surface area contributed by atoms with Crippen molar-refractivity contribution in [2.75, 3.05) is 6.54 Å². The van der Waals surface area contributed by atoms with Gasteiger partial charge in [-0.05, 0) is 38.6 Å². The van der Waals surface area contributed by atoms with Crippen molar-refractivity contribution in [3.63, 3.8) is 0 Å². The molecule has 1 aliphatic carbocycles. The van der Waals surface area contributed by atoms with Crippen molar-refractivity contribution >= 4 is 16.3 Å². The van der Waals surface area contributed by atoms with Gasteiger partial charge in [-0.25, -0.2) is 4.98 Å². The highest BCUT2D eigenvalue weighted by Crippen LogP contribution is 2.36. The van der Waals surface area contributed by atoms with E-state index in [1.165, 1.54) is 17.0 Å². The van der Waals surface area contributed by atoms with E-state index in [4.69, 9.17) is 0 Å². The number of fused-ring (bicyclic) bond motifs is 1. The maximum atomic E-state index is 4.60. The molecule has 0 spiro atoms. The van der Waals surface area contributed by atoms with Gasteiger partial charge in [0, 0.05) is 17.6 Å². The standard InChI is InChI=1S/C13H19N3S/c1-8-4-11(8)5-14-6-12-10(3)15-13-16(12)7-9(2)17-13/h7-8,11,14H,4-6H2,1-3H3. The summed E-state index contributed by atoms with van der Waals surface area (Å²) in [5.41, 5.74) is 2.48. The lowest BCUT2D eigenvalue weighted by Crippen LogP contribution is -2.18. The van der Waals surface area contributed by atoms with E-state index < -0.39 is 0 Å². The summed E-state index contributed by atoms with van der Waals surface area (Å²) < 4.78 is 2.23. The molecule has 2 atom stereocenters. The van der Waals surface area contributed by atoms with Gasteiger partial charge in [-0.3, -0.25) is 4.40 Å². The summed E-state index contributed by atoms with van der Waals surface area (Å²) in [6.45, 7) is 8.66. The number of aryl methyl sites for hydroxylation is 2. The molecule has 17 heavy (non-hydrogen) atoms. The number of hydrogen-bond acceptors (Lipinski definition) is 3. The lowest BCUT2D eigenvalue weighted by atomic mass is 10.3. The number of thiazole rings is 1. The SMILES string of the molecule is Cc1cn2c(CNCC3CC3C)c(C)nc2s1. The molecule has 4 heteroatoms. The number of nitrogens with one attached hydrogen (secondary N) is 1. The van der Waals surface area contributed by atoms with E-state index in [1.807, 2.05) is 0 Å². The first-order valence-corrected chi connectivity index (χ1v) is 7.11. The minimum Gasteiger partial charge on any atom is -0.311 e. The molecule has 0 saturated heterocycles. The van der Waals surface area contributed by atoms with E-state index in [9.17, 15) is 0 Å². The van der Waals surface area contributed by atoms with Gasteiger partial charge in [-0.2, -0.15) is 0 Å². The number of nitrogens with zero attached hydrogens (tertiary/aromatic N) is 2. The molecule has 2 aromatic heterocycles. The third kappa shape index (κ3) is 2.11. The zero-order chi connectivity index (χ0) is 12.0. The maximum absolute atomic E-state index is 4.60. The number of hydrogen-bond donors (Lipinski definition) is 1. The van der Waals surface area contributed by atoms with Crippen LogP contribution in [0.25, 0.3) is 4.96 Å². The highest BCUT2D eigenvalue weighted by Gasteiger charge is 2.31. The topological polar surface area (TPSA) is 29.3 Å². The van der Waals surface area contributed by atoms with Gasteiger partial charge in [-0.15, -0.1) is 11.3 Å². The van der Waals surface area contributed by atoms with Crippen LogP contribution in [0.5, 0.6) is 0 Å². The van der Waals surface area contributed by atoms with Gasteiger partial charge in [0.15, 0.2) is 4.96 Å². The molecule has 2 heterocycles. The molecule has 0 amide bonds. The van der Waals surface area contributed by atoms with Crippen LogP contribution in [-0.2, 0) is 6.54 Å². The van der Waals surface area contributed by atoms with Gasteiger partial charge in [0.25, 0.3) is 0 Å². The van der Waals surface area contributed by atoms with Crippen LogP contribution in [-0.4, -0.2) is 15.9 Å². The number of aromatic nitrogens is 2. The second-order valence-corrected chi connectivity index (χ2v) is 6.46. The fourth-order valence-electron chi connectivity index (χ4n) is 2.38. The molecule has 3 rings (SSSR count). The molecule has 3 nitrogen and oxygen atoms in total. The van der Waals surface area contributed by atoms with Crippen LogP contribution >= 0.6 is 11.3 Å². The molecular weight excluding hydrogens is 230 g/mol. The Morgan fingerprint density at radius 2 is 2.29 bits per heavy atom. The molecule has 0 radical (unpaired) electrons. The fourth-order valence-corrected chi connectivity index (χ4v) is 3.27. The van der Waals surface area contributed by atoms with Crippen LogP contribution < -0.4 is 5.32 Å². The summed E-state index contributed by atoms with van der Waals surface area (Å²) in [5, 5.41) is 3.57. The monoisotopic (exact) mass is 249 g/mol. The van der Waals surface area contributed by atoms with Crippen LogP contribution in [0.2, 0.25) is 0 Å². The van der Waals surface area contributed by atoms with Crippen molar-refractivity contribution in [2.24, 2.45) is 11.8 Å². The van der Waals surface area contributed by atoms with Crippen LogP contribution in [0.4, 0.5) is 0 Å². The summed E-state index contributed by atoms with van der Waals surface area (Å²) in [4.78, 5) is 7.05. The fraction of sp³-hybridized carbons (Fsp3) is 0.615. The molecule has 2 aromatic rings. The average molecular weight is 249 g/mol. The molecule has 0 aromatic carbocycles. The predicted octanol–water partition coefficient (Wildman–Crippen LogP) is 2.76. The van der Waals surface area contributed by atoms with Crippen molar-refractivity contribution in [3.8, 4) is 0 Å². The molecular formula is C13H19N3S. The average Bonchev–Trinajstić information content (AvgIpc) is 2.73. The molecule has 1 fully saturated rings. The molecule has 0 bridgehead atoms. The summed E-state index contributed by atoms with van der Waals surface area (Å²) in [7, 11) is 0. The Morgan fingerprint density at radius 3 is 3.00 bits per heavy atom. The highest BCUT2D eigenvalue weighted by molar-refractivity contribution is 7.17. The second kappa shape index (κ2) is 4.10. The zero-order valence-corrected chi connectivity index (χ0v) is 11.5. The van der Waals surface area contributed by atoms with Crippen LogP contribution in [0.1, 0.15) is 29.6 Å². The van der Waals surface area contributed by atoms with Gasteiger partial charge in [0.05, 0.1) is 11.4 Å². The Balaban J connectivity index is 1.72. The maximum Gasteiger partial charge on any atom is 0.194 e. The Hall–Kier alpha value is -0.870. The Morgan fingerprint density at radius 1 is 1.53 bits per heavy atom. The van der Waals surface area contributed by atoms with E-state index in [1.54, 1.807) is 11.3 Å². The molecule has 1 saturated carbocycles. The molecule has 1 N–H and O–H groups in total. The second-order valence-electron chi connectivity index (χ2n) is 5.24. The van der Waals surface area contributed by atoms with Gasteiger partial charge in [-0.1, -0.05) is 6.92 Å². The summed E-state index contributed by atoms with van der Waals surface area (Å²) in [6.07, 6.45) is 3.59. The Labute approximate surface area is 106 Å². The van der Waals surface area contributed by atoms with Crippen molar-refractivity contribution in [1.29, 1.82) is 0 Å².